The van der Waals surface area contributed by atoms with Gasteiger partial charge < -0.3 is 0 Å². The lowest BCUT2D eigenvalue weighted by molar-refractivity contribution is 0.0984. The third kappa shape index (κ3) is 4.13. The monoisotopic (exact) mass is 392 g/mol. The van der Waals surface area contributed by atoms with Crippen molar-refractivity contribution in [1.29, 1.82) is 0 Å². The largest absolute Gasteiger partial charge is 0.296 e. The number of hydrogen-bond donors (Lipinski definition) is 2. The van der Waals surface area contributed by atoms with Crippen molar-refractivity contribution in [3.63, 3.8) is 0 Å². The van der Waals surface area contributed by atoms with Crippen LogP contribution in [0.1, 0.15) is 21.5 Å². The summed E-state index contributed by atoms with van der Waals surface area (Å²) in [5, 5.41) is 2.66. The molecule has 0 bridgehead atoms. The minimum absolute atomic E-state index is 0.128. The molecule has 1 heterocycles. The van der Waals surface area contributed by atoms with Crippen LogP contribution in [0.5, 0.6) is 0 Å². The second kappa shape index (κ2) is 7.82. The summed E-state index contributed by atoms with van der Waals surface area (Å²) < 4.78 is 7.51. The smallest absolute Gasteiger partial charge is 0.261 e. The minimum Gasteiger partial charge on any atom is -0.296 e. The molecule has 0 spiro atoms. The topological polar surface area (TPSA) is 41.5 Å². The fraction of sp³-hybridized carbons (Fsp3) is 0. The van der Waals surface area contributed by atoms with Crippen LogP contribution in [0.2, 0.25) is 5.02 Å². The van der Waals surface area contributed by atoms with Crippen molar-refractivity contribution in [3.8, 4) is 11.1 Å². The van der Waals surface area contributed by atoms with Crippen molar-refractivity contribution in [1.82, 2.24) is 4.72 Å². The van der Waals surface area contributed by atoms with Gasteiger partial charge in [0, 0.05) is 22.4 Å². The molecule has 27 heavy (non-hydrogen) atoms. The number of carbonyl (C=O) groups excluding carboxylic acids is 1. The molecule has 3 nitrogen and oxygen atoms in total. The third-order valence-electron chi connectivity index (χ3n) is 4.25. The number of carbonyl (C=O) groups is 1. The number of nitrogens with one attached hydrogen (secondary N) is 1. The van der Waals surface area contributed by atoms with Crippen molar-refractivity contribution < 1.29 is 4.79 Å². The molecule has 5 heteroatoms. The van der Waals surface area contributed by atoms with Gasteiger partial charge in [0.05, 0.1) is 0 Å². The van der Waals surface area contributed by atoms with Gasteiger partial charge in [0.15, 0.2) is 0 Å². The Morgan fingerprint density at radius 3 is 2.19 bits per heavy atom. The summed E-state index contributed by atoms with van der Waals surface area (Å²) in [6.07, 6.45) is 3.84. The van der Waals surface area contributed by atoms with E-state index in [1.165, 1.54) is 0 Å². The number of thiol groups is 1. The van der Waals surface area contributed by atoms with Crippen LogP contribution in [-0.2, 0) is 0 Å². The van der Waals surface area contributed by atoms with Crippen molar-refractivity contribution in [2.45, 2.75) is 0 Å². The zero-order valence-electron chi connectivity index (χ0n) is 14.3. The molecular weight excluding hydrogens is 376 g/mol. The maximum absolute atomic E-state index is 12.6. The molecule has 1 unspecified atom stereocenters. The number of rotatable bonds is 3. The van der Waals surface area contributed by atoms with Crippen molar-refractivity contribution in [2.24, 2.45) is 4.40 Å². The van der Waals surface area contributed by atoms with Crippen LogP contribution < -0.4 is 4.72 Å². The molecule has 0 saturated heterocycles. The van der Waals surface area contributed by atoms with Gasteiger partial charge in [0.1, 0.15) is 0 Å². The molecule has 0 aromatic heterocycles. The van der Waals surface area contributed by atoms with Gasteiger partial charge in [0.2, 0.25) is 0 Å². The predicted molar refractivity (Wildman–Crippen MR) is 116 cm³/mol. The van der Waals surface area contributed by atoms with Crippen LogP contribution in [0.4, 0.5) is 0 Å². The third-order valence-corrected chi connectivity index (χ3v) is 5.73. The Kier molecular flexibility index (Phi) is 5.10. The Morgan fingerprint density at radius 2 is 1.48 bits per heavy atom. The molecule has 4 rings (SSSR count). The quantitative estimate of drug-likeness (QED) is 0.554. The van der Waals surface area contributed by atoms with E-state index >= 15 is 0 Å². The zero-order chi connectivity index (χ0) is 18.6. The van der Waals surface area contributed by atoms with Crippen LogP contribution >= 0.6 is 22.9 Å². The molecule has 0 saturated carbocycles. The Labute approximate surface area is 166 Å². The summed E-state index contributed by atoms with van der Waals surface area (Å²) in [5.41, 5.74) is 4.87. The van der Waals surface area contributed by atoms with Gasteiger partial charge in [0.25, 0.3) is 5.91 Å². The summed E-state index contributed by atoms with van der Waals surface area (Å²) in [6, 6.07) is 23.2. The molecule has 0 fully saturated rings. The fourth-order valence-corrected chi connectivity index (χ4v) is 4.01. The molecule has 1 atom stereocenters. The molecule has 3 aromatic rings. The van der Waals surface area contributed by atoms with Gasteiger partial charge in [-0.3, -0.25) is 9.52 Å². The molecule has 0 aliphatic carbocycles. The number of benzene rings is 3. The highest BCUT2D eigenvalue weighted by molar-refractivity contribution is 8.17. The first-order valence-electron chi connectivity index (χ1n) is 8.46. The van der Waals surface area contributed by atoms with Gasteiger partial charge in [-0.1, -0.05) is 71.4 Å². The average molecular weight is 393 g/mol. The van der Waals surface area contributed by atoms with Gasteiger partial charge in [-0.2, -0.15) is 0 Å². The molecule has 1 aliphatic heterocycles. The first-order valence-corrected chi connectivity index (χ1v) is 10.2. The van der Waals surface area contributed by atoms with Crippen LogP contribution in [0.3, 0.4) is 0 Å². The van der Waals surface area contributed by atoms with E-state index in [9.17, 15) is 4.79 Å². The van der Waals surface area contributed by atoms with Crippen LogP contribution in [0.15, 0.2) is 82.6 Å². The highest BCUT2D eigenvalue weighted by Crippen LogP contribution is 2.29. The molecule has 1 aliphatic rings. The number of halogens is 1. The second-order valence-corrected chi connectivity index (χ2v) is 7.94. The summed E-state index contributed by atoms with van der Waals surface area (Å²) in [6.45, 7) is 0. The SMILES string of the molecule is O=C(N[SH]1C=Cc2ccccc2C=N1)c1ccc(-c2ccc(Cl)cc2)cc1. The van der Waals surface area contributed by atoms with E-state index in [1.54, 1.807) is 0 Å². The minimum atomic E-state index is -1.09. The lowest BCUT2D eigenvalue weighted by atomic mass is 10.0. The molecule has 1 amide bonds. The van der Waals surface area contributed by atoms with E-state index in [-0.39, 0.29) is 5.91 Å². The van der Waals surface area contributed by atoms with E-state index in [4.69, 9.17) is 11.6 Å². The van der Waals surface area contributed by atoms with Gasteiger partial charge in [-0.15, -0.1) is 0 Å². The molecule has 134 valence electrons. The van der Waals surface area contributed by atoms with Gasteiger partial charge in [-0.05, 0) is 52.4 Å². The van der Waals surface area contributed by atoms with Crippen molar-refractivity contribution >= 4 is 41.1 Å². The number of fused-ring (bicyclic) bond motifs is 1. The summed E-state index contributed by atoms with van der Waals surface area (Å²) in [7, 11) is 0. The molecule has 1 N–H and O–H groups in total. The highest BCUT2D eigenvalue weighted by Gasteiger charge is 2.10. The van der Waals surface area contributed by atoms with E-state index < -0.39 is 11.3 Å². The highest BCUT2D eigenvalue weighted by atomic mass is 35.5. The molecule has 0 radical (unpaired) electrons. The first kappa shape index (κ1) is 17.6. The van der Waals surface area contributed by atoms with Gasteiger partial charge in [-0.25, -0.2) is 4.40 Å². The molecule has 3 aromatic carbocycles. The van der Waals surface area contributed by atoms with E-state index in [0.717, 1.165) is 22.3 Å². The summed E-state index contributed by atoms with van der Waals surface area (Å²) >= 11 is 4.84. The van der Waals surface area contributed by atoms with Crippen LogP contribution in [0, 0.1) is 0 Å². The maximum atomic E-state index is 12.6. The van der Waals surface area contributed by atoms with E-state index in [0.29, 0.717) is 10.6 Å². The standard InChI is InChI=1S/C22H17ClN2OS/c23-21-11-9-18(10-12-21)17-5-7-19(8-6-17)22(26)25-27-14-13-16-3-1-2-4-20(16)15-24-27/h1-15,27H,(H,25,26). The summed E-state index contributed by atoms with van der Waals surface area (Å²) in [4.78, 5) is 12.6. The van der Waals surface area contributed by atoms with Crippen LogP contribution in [-0.4, -0.2) is 12.1 Å². The second-order valence-electron chi connectivity index (χ2n) is 6.06. The van der Waals surface area contributed by atoms with E-state index in [1.807, 2.05) is 90.5 Å². The molecular formula is C22H17ClN2OS. The Hall–Kier alpha value is -2.82. The normalized spacial score (nSPS) is 16.4. The maximum Gasteiger partial charge on any atom is 0.261 e. The lowest BCUT2D eigenvalue weighted by Crippen LogP contribution is -2.18. The van der Waals surface area contributed by atoms with E-state index in [2.05, 4.69) is 9.12 Å². The van der Waals surface area contributed by atoms with Crippen molar-refractivity contribution in [2.75, 3.05) is 0 Å². The lowest BCUT2D eigenvalue weighted by Gasteiger charge is -2.13. The Balaban J connectivity index is 1.47. The zero-order valence-corrected chi connectivity index (χ0v) is 16.0. The number of hydrogen-bond acceptors (Lipinski definition) is 2. The van der Waals surface area contributed by atoms with Crippen molar-refractivity contribution in [3.05, 3.63) is 99.9 Å². The fourth-order valence-electron chi connectivity index (χ4n) is 2.79. The number of amides is 1. The average Bonchev–Trinajstić information content (AvgIpc) is 2.91. The summed E-state index contributed by atoms with van der Waals surface area (Å²) in [5.74, 6) is -0.128. The Bertz CT molecular complexity index is 994. The predicted octanol–water partition coefficient (Wildman–Crippen LogP) is 5.67. The van der Waals surface area contributed by atoms with Crippen LogP contribution in [0.25, 0.3) is 17.2 Å². The number of nitrogens with zero attached hydrogens (tertiary/aromatic N) is 1. The Morgan fingerprint density at radius 1 is 0.852 bits per heavy atom. The first-order chi connectivity index (χ1) is 13.2. The van der Waals surface area contributed by atoms with Gasteiger partial charge >= 0.3 is 0 Å².